The van der Waals surface area contributed by atoms with E-state index in [-0.39, 0.29) is 0 Å². The Morgan fingerprint density at radius 3 is 2.71 bits per heavy atom. The number of nitrogens with zero attached hydrogens (tertiary/aromatic N) is 4. The molecule has 4 heteroatoms. The van der Waals surface area contributed by atoms with Gasteiger partial charge in [-0.1, -0.05) is 0 Å². The molecule has 0 saturated carbocycles. The van der Waals surface area contributed by atoms with Crippen molar-refractivity contribution in [2.24, 2.45) is 7.05 Å². The lowest BCUT2D eigenvalue weighted by molar-refractivity contribution is 0.913. The first-order valence-electron chi connectivity index (χ1n) is 5.78. The van der Waals surface area contributed by atoms with Gasteiger partial charge < -0.3 is 9.47 Å². The SMILES string of the molecule is CCN(C)c1c(C)ccnc1-c1cn(C)cn1. The second-order valence-electron chi connectivity index (χ2n) is 4.26. The molecule has 2 heterocycles. The van der Waals surface area contributed by atoms with E-state index in [2.05, 4.69) is 35.8 Å². The molecule has 4 nitrogen and oxygen atoms in total. The summed E-state index contributed by atoms with van der Waals surface area (Å²) < 4.78 is 1.94. The average Bonchev–Trinajstić information content (AvgIpc) is 2.74. The van der Waals surface area contributed by atoms with E-state index in [0.717, 1.165) is 23.6 Å². The van der Waals surface area contributed by atoms with Crippen molar-refractivity contribution in [2.45, 2.75) is 13.8 Å². The molecule has 2 aromatic heterocycles. The van der Waals surface area contributed by atoms with Crippen molar-refractivity contribution in [2.75, 3.05) is 18.5 Å². The molecule has 0 aromatic carbocycles. The first-order chi connectivity index (χ1) is 8.13. The highest BCUT2D eigenvalue weighted by Gasteiger charge is 2.14. The Hall–Kier alpha value is -1.84. The van der Waals surface area contributed by atoms with Gasteiger partial charge in [-0.05, 0) is 25.5 Å². The molecular formula is C13H18N4. The standard InChI is InChI=1S/C13H18N4/c1-5-17(4)13-10(2)6-7-14-12(13)11-8-16(3)9-15-11/h6-9H,5H2,1-4H3. The third-order valence-corrected chi connectivity index (χ3v) is 2.93. The Kier molecular flexibility index (Phi) is 3.13. The molecule has 0 aliphatic carbocycles. The van der Waals surface area contributed by atoms with Crippen LogP contribution in [0.1, 0.15) is 12.5 Å². The van der Waals surface area contributed by atoms with Gasteiger partial charge in [-0.25, -0.2) is 4.98 Å². The lowest BCUT2D eigenvalue weighted by atomic mass is 10.1. The Balaban J connectivity index is 2.57. The van der Waals surface area contributed by atoms with Crippen LogP contribution in [0.25, 0.3) is 11.4 Å². The average molecular weight is 230 g/mol. The highest BCUT2D eigenvalue weighted by atomic mass is 15.1. The van der Waals surface area contributed by atoms with E-state index in [1.54, 1.807) is 6.33 Å². The lowest BCUT2D eigenvalue weighted by Crippen LogP contribution is -2.18. The summed E-state index contributed by atoms with van der Waals surface area (Å²) in [6.45, 7) is 5.19. The zero-order valence-corrected chi connectivity index (χ0v) is 10.8. The lowest BCUT2D eigenvalue weighted by Gasteiger charge is -2.21. The van der Waals surface area contributed by atoms with Gasteiger partial charge in [-0.2, -0.15) is 0 Å². The Labute approximate surface area is 102 Å². The molecule has 0 radical (unpaired) electrons. The van der Waals surface area contributed by atoms with Gasteiger partial charge in [0.1, 0.15) is 11.4 Å². The second kappa shape index (κ2) is 4.57. The van der Waals surface area contributed by atoms with E-state index in [1.165, 1.54) is 5.56 Å². The van der Waals surface area contributed by atoms with Crippen LogP contribution < -0.4 is 4.90 Å². The highest BCUT2D eigenvalue weighted by Crippen LogP contribution is 2.29. The van der Waals surface area contributed by atoms with Crippen LogP contribution in [0.2, 0.25) is 0 Å². The van der Waals surface area contributed by atoms with Gasteiger partial charge in [0.15, 0.2) is 0 Å². The number of imidazole rings is 1. The molecule has 0 unspecified atom stereocenters. The number of aromatic nitrogens is 3. The van der Waals surface area contributed by atoms with E-state index < -0.39 is 0 Å². The quantitative estimate of drug-likeness (QED) is 0.811. The van der Waals surface area contributed by atoms with Crippen molar-refractivity contribution in [3.05, 3.63) is 30.4 Å². The minimum absolute atomic E-state index is 0.923. The van der Waals surface area contributed by atoms with Gasteiger partial charge in [0.25, 0.3) is 0 Å². The molecule has 0 aliphatic rings. The molecule has 0 saturated heterocycles. The summed E-state index contributed by atoms with van der Waals surface area (Å²) in [6.07, 6.45) is 5.64. The highest BCUT2D eigenvalue weighted by molar-refractivity contribution is 5.74. The number of pyridine rings is 1. The maximum Gasteiger partial charge on any atom is 0.114 e. The molecule has 0 spiro atoms. The molecule has 0 N–H and O–H groups in total. The fourth-order valence-corrected chi connectivity index (χ4v) is 1.91. The van der Waals surface area contributed by atoms with Gasteiger partial charge in [0.2, 0.25) is 0 Å². The van der Waals surface area contributed by atoms with Crippen LogP contribution in [0.4, 0.5) is 5.69 Å². The molecule has 0 amide bonds. The normalized spacial score (nSPS) is 10.6. The van der Waals surface area contributed by atoms with Crippen LogP contribution in [-0.4, -0.2) is 28.1 Å². The molecule has 0 atom stereocenters. The van der Waals surface area contributed by atoms with Gasteiger partial charge in [0, 0.05) is 33.0 Å². The van der Waals surface area contributed by atoms with Gasteiger partial charge >= 0.3 is 0 Å². The number of hydrogen-bond acceptors (Lipinski definition) is 3. The minimum Gasteiger partial charge on any atom is -0.373 e. The first kappa shape index (κ1) is 11.6. The van der Waals surface area contributed by atoms with Crippen LogP contribution >= 0.6 is 0 Å². The zero-order valence-electron chi connectivity index (χ0n) is 10.8. The Morgan fingerprint density at radius 2 is 2.12 bits per heavy atom. The smallest absolute Gasteiger partial charge is 0.114 e. The number of aryl methyl sites for hydroxylation is 2. The van der Waals surface area contributed by atoms with Crippen LogP contribution in [0.3, 0.4) is 0 Å². The van der Waals surface area contributed by atoms with Crippen LogP contribution in [-0.2, 0) is 7.05 Å². The summed E-state index contributed by atoms with van der Waals surface area (Å²) in [4.78, 5) is 11.1. The Morgan fingerprint density at radius 1 is 1.35 bits per heavy atom. The van der Waals surface area contributed by atoms with Crippen molar-refractivity contribution in [3.8, 4) is 11.4 Å². The van der Waals surface area contributed by atoms with Crippen molar-refractivity contribution in [1.82, 2.24) is 14.5 Å². The van der Waals surface area contributed by atoms with Gasteiger partial charge in [-0.15, -0.1) is 0 Å². The summed E-state index contributed by atoms with van der Waals surface area (Å²) in [5.74, 6) is 0. The van der Waals surface area contributed by atoms with Crippen molar-refractivity contribution >= 4 is 5.69 Å². The Bertz CT molecular complexity index is 516. The van der Waals surface area contributed by atoms with E-state index in [4.69, 9.17) is 0 Å². The molecular weight excluding hydrogens is 212 g/mol. The molecule has 90 valence electrons. The topological polar surface area (TPSA) is 34.0 Å². The van der Waals surface area contributed by atoms with E-state index >= 15 is 0 Å². The minimum atomic E-state index is 0.923. The summed E-state index contributed by atoms with van der Waals surface area (Å²) in [7, 11) is 4.05. The van der Waals surface area contributed by atoms with Gasteiger partial charge in [-0.3, -0.25) is 4.98 Å². The van der Waals surface area contributed by atoms with Crippen LogP contribution in [0.15, 0.2) is 24.8 Å². The predicted octanol–water partition coefficient (Wildman–Crippen LogP) is 2.25. The molecule has 2 aromatic rings. The first-order valence-corrected chi connectivity index (χ1v) is 5.78. The fourth-order valence-electron chi connectivity index (χ4n) is 1.91. The maximum atomic E-state index is 4.47. The van der Waals surface area contributed by atoms with Crippen molar-refractivity contribution in [3.63, 3.8) is 0 Å². The largest absolute Gasteiger partial charge is 0.373 e. The number of rotatable bonds is 3. The van der Waals surface area contributed by atoms with Crippen LogP contribution in [0, 0.1) is 6.92 Å². The van der Waals surface area contributed by atoms with Gasteiger partial charge in [0.05, 0.1) is 12.0 Å². The third kappa shape index (κ3) is 2.16. The fraction of sp³-hybridized carbons (Fsp3) is 0.385. The molecule has 2 rings (SSSR count). The van der Waals surface area contributed by atoms with Crippen molar-refractivity contribution < 1.29 is 0 Å². The second-order valence-corrected chi connectivity index (χ2v) is 4.26. The predicted molar refractivity (Wildman–Crippen MR) is 70.1 cm³/mol. The van der Waals surface area contributed by atoms with E-state index in [9.17, 15) is 0 Å². The molecule has 17 heavy (non-hydrogen) atoms. The summed E-state index contributed by atoms with van der Waals surface area (Å²) >= 11 is 0. The summed E-state index contributed by atoms with van der Waals surface area (Å²) in [6, 6.07) is 2.04. The number of anilines is 1. The number of hydrogen-bond donors (Lipinski definition) is 0. The van der Waals surface area contributed by atoms with Crippen LogP contribution in [0.5, 0.6) is 0 Å². The molecule has 0 aliphatic heterocycles. The van der Waals surface area contributed by atoms with E-state index in [1.807, 2.05) is 30.1 Å². The maximum absolute atomic E-state index is 4.47. The van der Waals surface area contributed by atoms with E-state index in [0.29, 0.717) is 0 Å². The summed E-state index contributed by atoms with van der Waals surface area (Å²) in [5.41, 5.74) is 4.26. The molecule has 0 bridgehead atoms. The zero-order chi connectivity index (χ0) is 12.4. The molecule has 0 fully saturated rings. The third-order valence-electron chi connectivity index (χ3n) is 2.93. The summed E-state index contributed by atoms with van der Waals surface area (Å²) in [5, 5.41) is 0. The van der Waals surface area contributed by atoms with Crippen molar-refractivity contribution in [1.29, 1.82) is 0 Å². The monoisotopic (exact) mass is 230 g/mol.